The number of carbonyl (C=O) groups excluding carboxylic acids is 2. The summed E-state index contributed by atoms with van der Waals surface area (Å²) in [7, 11) is 0. The molecule has 5 nitrogen and oxygen atoms in total. The molecule has 2 unspecified atom stereocenters. The highest BCUT2D eigenvalue weighted by Crippen LogP contribution is 2.62. The highest BCUT2D eigenvalue weighted by atomic mass is 16.5. The Morgan fingerprint density at radius 2 is 1.85 bits per heavy atom. The fourth-order valence-corrected chi connectivity index (χ4v) is 5.90. The number of aryl methyl sites for hydroxylation is 2. The van der Waals surface area contributed by atoms with Gasteiger partial charge in [-0.2, -0.15) is 0 Å². The van der Waals surface area contributed by atoms with Gasteiger partial charge in [0, 0.05) is 5.69 Å². The Bertz CT molecular complexity index is 773. The van der Waals surface area contributed by atoms with Crippen molar-refractivity contribution in [2.75, 3.05) is 5.32 Å². The maximum atomic E-state index is 13.0. The first-order valence-corrected chi connectivity index (χ1v) is 10.00. The standard InChI is InChI=1S/C22H29NO4/c1-13-4-5-14(2)18(6-13)23-19(24)15(3)27-20(25)21-8-16-7-17(9-21)11-22(26,10-16)12-21/h4-6,15-17,26H,7-12H2,1-3H3,(H,23,24)/t15-,16-,17+,21?,22?/m0/s1. The van der Waals surface area contributed by atoms with Gasteiger partial charge in [0.1, 0.15) is 0 Å². The normalized spacial score (nSPS) is 35.0. The Kier molecular flexibility index (Phi) is 4.34. The average molecular weight is 371 g/mol. The van der Waals surface area contributed by atoms with Crippen molar-refractivity contribution in [2.45, 2.75) is 71.0 Å². The summed E-state index contributed by atoms with van der Waals surface area (Å²) < 4.78 is 5.62. The molecule has 0 aliphatic heterocycles. The van der Waals surface area contributed by atoms with E-state index >= 15 is 0 Å². The van der Waals surface area contributed by atoms with E-state index in [-0.39, 0.29) is 11.9 Å². The van der Waals surface area contributed by atoms with E-state index in [1.54, 1.807) is 6.92 Å². The third-order valence-corrected chi connectivity index (χ3v) is 6.77. The SMILES string of the molecule is Cc1ccc(C)c(NC(=O)[C@H](C)OC(=O)C23C[C@@H]4C[C@@H](CC(O)(C4)C2)C3)c1. The van der Waals surface area contributed by atoms with E-state index in [0.29, 0.717) is 18.3 Å². The Balaban J connectivity index is 1.43. The largest absolute Gasteiger partial charge is 0.452 e. The van der Waals surface area contributed by atoms with Crippen LogP contribution in [0.3, 0.4) is 0 Å². The fraction of sp³-hybridized carbons (Fsp3) is 0.636. The van der Waals surface area contributed by atoms with Crippen LogP contribution in [0.4, 0.5) is 5.69 Å². The van der Waals surface area contributed by atoms with Crippen molar-refractivity contribution in [2.24, 2.45) is 17.3 Å². The molecule has 27 heavy (non-hydrogen) atoms. The molecule has 5 atom stereocenters. The number of hydrogen-bond acceptors (Lipinski definition) is 4. The van der Waals surface area contributed by atoms with Gasteiger partial charge in [0.25, 0.3) is 5.91 Å². The molecule has 5 rings (SSSR count). The van der Waals surface area contributed by atoms with Gasteiger partial charge < -0.3 is 15.2 Å². The minimum Gasteiger partial charge on any atom is -0.452 e. The lowest BCUT2D eigenvalue weighted by molar-refractivity contribution is -0.199. The van der Waals surface area contributed by atoms with Crippen molar-refractivity contribution in [3.8, 4) is 0 Å². The number of benzene rings is 1. The van der Waals surface area contributed by atoms with Gasteiger partial charge in [0.15, 0.2) is 6.10 Å². The summed E-state index contributed by atoms with van der Waals surface area (Å²) in [6.07, 6.45) is 3.92. The van der Waals surface area contributed by atoms with Crippen LogP contribution in [-0.4, -0.2) is 28.7 Å². The minimum absolute atomic E-state index is 0.307. The maximum absolute atomic E-state index is 13.0. The Morgan fingerprint density at radius 1 is 1.19 bits per heavy atom. The predicted octanol–water partition coefficient (Wildman–Crippen LogP) is 3.50. The van der Waals surface area contributed by atoms with Gasteiger partial charge in [-0.3, -0.25) is 9.59 Å². The van der Waals surface area contributed by atoms with E-state index in [2.05, 4.69) is 5.32 Å². The molecule has 0 heterocycles. The molecule has 4 aliphatic rings. The molecule has 1 aromatic rings. The van der Waals surface area contributed by atoms with Crippen molar-refractivity contribution >= 4 is 17.6 Å². The minimum atomic E-state index is -0.861. The summed E-state index contributed by atoms with van der Waals surface area (Å²) in [6, 6.07) is 5.86. The summed E-state index contributed by atoms with van der Waals surface area (Å²) in [5.41, 5.74) is 1.45. The van der Waals surface area contributed by atoms with Crippen molar-refractivity contribution < 1.29 is 19.4 Å². The van der Waals surface area contributed by atoms with E-state index in [1.807, 2.05) is 32.0 Å². The molecule has 5 heteroatoms. The molecule has 1 amide bonds. The van der Waals surface area contributed by atoms with Crippen LogP contribution < -0.4 is 5.32 Å². The molecule has 0 aromatic heterocycles. The third kappa shape index (κ3) is 3.38. The van der Waals surface area contributed by atoms with Crippen LogP contribution in [0.15, 0.2) is 18.2 Å². The first-order chi connectivity index (χ1) is 12.7. The number of nitrogens with one attached hydrogen (secondary N) is 1. The topological polar surface area (TPSA) is 75.6 Å². The lowest BCUT2D eigenvalue weighted by Crippen LogP contribution is -2.59. The number of hydrogen-bond donors (Lipinski definition) is 2. The third-order valence-electron chi connectivity index (χ3n) is 6.77. The highest BCUT2D eigenvalue weighted by Gasteiger charge is 2.61. The fourth-order valence-electron chi connectivity index (χ4n) is 5.90. The second-order valence-electron chi connectivity index (χ2n) is 9.32. The molecule has 4 saturated carbocycles. The Labute approximate surface area is 160 Å². The molecular weight excluding hydrogens is 342 g/mol. The van der Waals surface area contributed by atoms with E-state index in [4.69, 9.17) is 4.74 Å². The van der Waals surface area contributed by atoms with Crippen LogP contribution in [0.1, 0.15) is 56.6 Å². The van der Waals surface area contributed by atoms with Crippen LogP contribution in [0.5, 0.6) is 0 Å². The Hall–Kier alpha value is -1.88. The summed E-state index contributed by atoms with van der Waals surface area (Å²) in [5, 5.41) is 13.7. The first-order valence-electron chi connectivity index (χ1n) is 10.00. The van der Waals surface area contributed by atoms with Crippen molar-refractivity contribution in [3.63, 3.8) is 0 Å². The van der Waals surface area contributed by atoms with Gasteiger partial charge in [0.2, 0.25) is 0 Å². The number of aliphatic hydroxyl groups is 1. The summed E-state index contributed by atoms with van der Waals surface area (Å²) >= 11 is 0. The Morgan fingerprint density at radius 3 is 2.48 bits per heavy atom. The summed E-state index contributed by atoms with van der Waals surface area (Å²) in [4.78, 5) is 25.6. The number of ether oxygens (including phenoxy) is 1. The van der Waals surface area contributed by atoms with Gasteiger partial charge in [-0.15, -0.1) is 0 Å². The van der Waals surface area contributed by atoms with Gasteiger partial charge in [-0.1, -0.05) is 12.1 Å². The van der Waals surface area contributed by atoms with Crippen molar-refractivity contribution in [1.82, 2.24) is 0 Å². The van der Waals surface area contributed by atoms with Crippen LogP contribution >= 0.6 is 0 Å². The molecule has 4 fully saturated rings. The van der Waals surface area contributed by atoms with Crippen LogP contribution in [0.25, 0.3) is 0 Å². The molecule has 0 spiro atoms. The molecule has 4 bridgehead atoms. The monoisotopic (exact) mass is 371 g/mol. The molecule has 4 aliphatic carbocycles. The van der Waals surface area contributed by atoms with E-state index in [0.717, 1.165) is 48.9 Å². The number of rotatable bonds is 4. The highest BCUT2D eigenvalue weighted by molar-refractivity contribution is 5.96. The molecule has 146 valence electrons. The first kappa shape index (κ1) is 18.5. The number of anilines is 1. The zero-order valence-corrected chi connectivity index (χ0v) is 16.4. The van der Waals surface area contributed by atoms with Crippen LogP contribution in [0, 0.1) is 31.1 Å². The van der Waals surface area contributed by atoms with Crippen LogP contribution in [-0.2, 0) is 14.3 Å². The van der Waals surface area contributed by atoms with Gasteiger partial charge in [-0.25, -0.2) is 0 Å². The second kappa shape index (κ2) is 6.33. The molecular formula is C22H29NO4. The van der Waals surface area contributed by atoms with Gasteiger partial charge >= 0.3 is 5.97 Å². The zero-order valence-electron chi connectivity index (χ0n) is 16.4. The van der Waals surface area contributed by atoms with Gasteiger partial charge in [0.05, 0.1) is 11.0 Å². The molecule has 1 aromatic carbocycles. The molecule has 2 N–H and O–H groups in total. The quantitative estimate of drug-likeness (QED) is 0.794. The van der Waals surface area contributed by atoms with E-state index in [1.165, 1.54) is 0 Å². The smallest absolute Gasteiger partial charge is 0.312 e. The van der Waals surface area contributed by atoms with Gasteiger partial charge in [-0.05, 0) is 88.3 Å². The molecule has 0 radical (unpaired) electrons. The summed E-state index contributed by atoms with van der Waals surface area (Å²) in [6.45, 7) is 5.52. The second-order valence-corrected chi connectivity index (χ2v) is 9.32. The van der Waals surface area contributed by atoms with Crippen molar-refractivity contribution in [3.05, 3.63) is 29.3 Å². The maximum Gasteiger partial charge on any atom is 0.312 e. The zero-order chi connectivity index (χ0) is 19.4. The van der Waals surface area contributed by atoms with E-state index in [9.17, 15) is 14.7 Å². The van der Waals surface area contributed by atoms with Crippen LogP contribution in [0.2, 0.25) is 0 Å². The number of carbonyl (C=O) groups is 2. The number of amides is 1. The molecule has 0 saturated heterocycles. The average Bonchev–Trinajstić information content (AvgIpc) is 2.55. The lowest BCUT2D eigenvalue weighted by Gasteiger charge is -2.58. The summed E-state index contributed by atoms with van der Waals surface area (Å²) in [5.74, 6) is 0.185. The van der Waals surface area contributed by atoms with Crippen molar-refractivity contribution in [1.29, 1.82) is 0 Å². The predicted molar refractivity (Wildman–Crippen MR) is 102 cm³/mol. The van der Waals surface area contributed by atoms with E-state index < -0.39 is 17.1 Å². The lowest BCUT2D eigenvalue weighted by atomic mass is 9.48. The number of esters is 1.